The van der Waals surface area contributed by atoms with Crippen molar-refractivity contribution in [2.45, 2.75) is 19.5 Å². The van der Waals surface area contributed by atoms with Gasteiger partial charge < -0.3 is 20.1 Å². The molecule has 0 spiro atoms. The largest absolute Gasteiger partial charge is 0.384 e. The van der Waals surface area contributed by atoms with Gasteiger partial charge in [0.05, 0.1) is 25.3 Å². The predicted octanol–water partition coefficient (Wildman–Crippen LogP) is 2.17. The number of primary amides is 1. The number of pyridine rings is 1. The van der Waals surface area contributed by atoms with Gasteiger partial charge >= 0.3 is 0 Å². The van der Waals surface area contributed by atoms with E-state index in [4.69, 9.17) is 27.2 Å². The number of aromatic nitrogens is 1. The van der Waals surface area contributed by atoms with E-state index >= 15 is 0 Å². The highest BCUT2D eigenvalue weighted by atomic mass is 35.5. The van der Waals surface area contributed by atoms with Gasteiger partial charge in [0, 0.05) is 42.2 Å². The Morgan fingerprint density at radius 3 is 2.47 bits per heavy atom. The van der Waals surface area contributed by atoms with Crippen LogP contribution in [0.25, 0.3) is 10.9 Å². The Kier molecular flexibility index (Phi) is 7.66. The van der Waals surface area contributed by atoms with Crippen LogP contribution in [-0.2, 0) is 24.2 Å². The van der Waals surface area contributed by atoms with E-state index in [2.05, 4.69) is 16.7 Å². The molecule has 7 nitrogen and oxygen atoms in total. The van der Waals surface area contributed by atoms with Crippen molar-refractivity contribution < 1.29 is 14.6 Å². The molecule has 0 saturated carbocycles. The summed E-state index contributed by atoms with van der Waals surface area (Å²) in [6, 6.07) is 12.9. The number of rotatable bonds is 6. The number of amides is 1. The number of carbonyl (C=O) groups is 1. The van der Waals surface area contributed by atoms with Crippen molar-refractivity contribution >= 4 is 28.4 Å². The molecule has 2 aromatic carbocycles. The topological polar surface area (TPSA) is 97.8 Å². The first-order valence-corrected chi connectivity index (χ1v) is 11.4. The van der Waals surface area contributed by atoms with Gasteiger partial charge in [-0.3, -0.25) is 14.5 Å². The maximum Gasteiger partial charge on any atom is 0.254 e. The molecule has 8 heteroatoms. The maximum atomic E-state index is 13.5. The van der Waals surface area contributed by atoms with Crippen molar-refractivity contribution in [1.29, 1.82) is 0 Å². The molecule has 1 aromatic heterocycles. The predicted molar refractivity (Wildman–Crippen MR) is 132 cm³/mol. The molecular formula is C26H26ClN3O4. The Morgan fingerprint density at radius 2 is 1.79 bits per heavy atom. The van der Waals surface area contributed by atoms with Gasteiger partial charge in [0.2, 0.25) is 5.43 Å². The van der Waals surface area contributed by atoms with Gasteiger partial charge in [-0.15, -0.1) is 0 Å². The van der Waals surface area contributed by atoms with Crippen LogP contribution >= 0.6 is 11.6 Å². The van der Waals surface area contributed by atoms with Crippen LogP contribution < -0.4 is 11.2 Å². The number of benzene rings is 2. The molecule has 3 N–H and O–H groups in total. The molecule has 1 aliphatic heterocycles. The first-order valence-electron chi connectivity index (χ1n) is 11.1. The number of carbonyl (C=O) groups excluding carboxylic acids is 1. The minimum Gasteiger partial charge on any atom is -0.384 e. The normalized spacial score (nSPS) is 14.1. The van der Waals surface area contributed by atoms with E-state index in [9.17, 15) is 9.59 Å². The number of morpholine rings is 1. The Labute approximate surface area is 202 Å². The highest BCUT2D eigenvalue weighted by Crippen LogP contribution is 2.22. The fourth-order valence-corrected chi connectivity index (χ4v) is 4.39. The third-order valence-electron chi connectivity index (χ3n) is 5.92. The molecule has 1 saturated heterocycles. The molecule has 0 radical (unpaired) electrons. The lowest BCUT2D eigenvalue weighted by Crippen LogP contribution is -2.35. The van der Waals surface area contributed by atoms with Crippen molar-refractivity contribution in [3.63, 3.8) is 0 Å². The van der Waals surface area contributed by atoms with E-state index in [1.165, 1.54) is 0 Å². The average molecular weight is 480 g/mol. The zero-order valence-corrected chi connectivity index (χ0v) is 19.5. The molecule has 0 aliphatic carbocycles. The van der Waals surface area contributed by atoms with Crippen LogP contribution in [0, 0.1) is 11.8 Å². The van der Waals surface area contributed by atoms with Crippen LogP contribution in [0.3, 0.4) is 0 Å². The molecule has 176 valence electrons. The van der Waals surface area contributed by atoms with Gasteiger partial charge in [0.1, 0.15) is 12.2 Å². The van der Waals surface area contributed by atoms with Gasteiger partial charge in [-0.2, -0.15) is 0 Å². The molecule has 0 bridgehead atoms. The Morgan fingerprint density at radius 1 is 1.09 bits per heavy atom. The SMILES string of the molecule is NC(=O)c1c(Cc2ccc(Cl)cc2)n(CC#CCO)c2ccc(CN3CCOCC3)cc2c1=O. The minimum absolute atomic E-state index is 0.0447. The number of hydrogen-bond acceptors (Lipinski definition) is 5. The maximum absolute atomic E-state index is 13.5. The van der Waals surface area contributed by atoms with E-state index in [-0.39, 0.29) is 24.1 Å². The van der Waals surface area contributed by atoms with Gasteiger partial charge in [0.15, 0.2) is 0 Å². The van der Waals surface area contributed by atoms with Gasteiger partial charge in [0.25, 0.3) is 5.91 Å². The highest BCUT2D eigenvalue weighted by Gasteiger charge is 2.21. The molecule has 1 fully saturated rings. The smallest absolute Gasteiger partial charge is 0.254 e. The number of nitrogens with zero attached hydrogens (tertiary/aromatic N) is 2. The second kappa shape index (κ2) is 10.9. The lowest BCUT2D eigenvalue weighted by atomic mass is 9.99. The monoisotopic (exact) mass is 479 g/mol. The zero-order chi connectivity index (χ0) is 24.1. The molecule has 3 aromatic rings. The van der Waals surface area contributed by atoms with Gasteiger partial charge in [-0.05, 0) is 35.4 Å². The molecule has 0 atom stereocenters. The van der Waals surface area contributed by atoms with Crippen LogP contribution in [0.1, 0.15) is 27.2 Å². The number of fused-ring (bicyclic) bond motifs is 1. The van der Waals surface area contributed by atoms with Crippen molar-refractivity contribution in [2.75, 3.05) is 32.9 Å². The average Bonchev–Trinajstić information content (AvgIpc) is 2.83. The van der Waals surface area contributed by atoms with Crippen molar-refractivity contribution in [3.05, 3.63) is 80.1 Å². The van der Waals surface area contributed by atoms with Crippen molar-refractivity contribution in [2.24, 2.45) is 5.73 Å². The van der Waals surface area contributed by atoms with E-state index in [0.717, 1.165) is 24.2 Å². The Bertz CT molecular complexity index is 1320. The minimum atomic E-state index is -0.779. The summed E-state index contributed by atoms with van der Waals surface area (Å²) in [5.41, 5.74) is 8.29. The number of hydrogen-bond donors (Lipinski definition) is 2. The standard InChI is InChI=1S/C26H26ClN3O4/c27-20-6-3-18(4-7-20)16-23-24(26(28)33)25(32)21-15-19(17-29-10-13-34-14-11-29)5-8-22(21)30(23)9-1-2-12-31/h3-8,15,31H,9-14,16-17H2,(H2,28,33). The summed E-state index contributed by atoms with van der Waals surface area (Å²) in [4.78, 5) is 28.3. The lowest BCUT2D eigenvalue weighted by Gasteiger charge is -2.26. The summed E-state index contributed by atoms with van der Waals surface area (Å²) >= 11 is 6.02. The number of aliphatic hydroxyl groups excluding tert-OH is 1. The van der Waals surface area contributed by atoms with Crippen LogP contribution in [0.15, 0.2) is 47.3 Å². The number of ether oxygens (including phenoxy) is 1. The summed E-state index contributed by atoms with van der Waals surface area (Å²) < 4.78 is 7.26. The molecule has 2 heterocycles. The van der Waals surface area contributed by atoms with E-state index in [0.29, 0.717) is 47.8 Å². The quantitative estimate of drug-likeness (QED) is 0.528. The zero-order valence-electron chi connectivity index (χ0n) is 18.7. The van der Waals surface area contributed by atoms with Crippen LogP contribution in [0.4, 0.5) is 0 Å². The summed E-state index contributed by atoms with van der Waals surface area (Å²) in [5, 5.41) is 10.1. The number of aliphatic hydroxyl groups is 1. The van der Waals surface area contributed by atoms with E-state index < -0.39 is 5.91 Å². The molecule has 1 aliphatic rings. The summed E-state index contributed by atoms with van der Waals surface area (Å²) in [5.74, 6) is 4.77. The van der Waals surface area contributed by atoms with Gasteiger partial charge in [-0.1, -0.05) is 41.6 Å². The molecule has 0 unspecified atom stereocenters. The van der Waals surface area contributed by atoms with Crippen LogP contribution in [-0.4, -0.2) is 53.4 Å². The summed E-state index contributed by atoms with van der Waals surface area (Å²) in [7, 11) is 0. The first-order chi connectivity index (χ1) is 16.5. The summed E-state index contributed by atoms with van der Waals surface area (Å²) in [6.07, 6.45) is 0.303. The van der Waals surface area contributed by atoms with Gasteiger partial charge in [-0.25, -0.2) is 0 Å². The lowest BCUT2D eigenvalue weighted by molar-refractivity contribution is 0.0342. The fourth-order valence-electron chi connectivity index (χ4n) is 4.27. The van der Waals surface area contributed by atoms with Crippen molar-refractivity contribution in [3.8, 4) is 11.8 Å². The summed E-state index contributed by atoms with van der Waals surface area (Å²) in [6.45, 7) is 3.62. The third kappa shape index (κ3) is 5.32. The second-order valence-corrected chi connectivity index (χ2v) is 8.59. The number of nitrogens with two attached hydrogens (primary N) is 1. The first kappa shape index (κ1) is 24.0. The molecule has 1 amide bonds. The van der Waals surface area contributed by atoms with Crippen LogP contribution in [0.5, 0.6) is 0 Å². The Hall–Kier alpha value is -3.15. The van der Waals surface area contributed by atoms with E-state index in [1.807, 2.05) is 34.9 Å². The molecular weight excluding hydrogens is 454 g/mol. The van der Waals surface area contributed by atoms with Crippen LogP contribution in [0.2, 0.25) is 5.02 Å². The highest BCUT2D eigenvalue weighted by molar-refractivity contribution is 6.30. The fraction of sp³-hybridized carbons (Fsp3) is 0.308. The molecule has 34 heavy (non-hydrogen) atoms. The molecule has 4 rings (SSSR count). The Balaban J connectivity index is 1.87. The third-order valence-corrected chi connectivity index (χ3v) is 6.17. The second-order valence-electron chi connectivity index (χ2n) is 8.16. The number of halogens is 1. The van der Waals surface area contributed by atoms with E-state index in [1.54, 1.807) is 12.1 Å². The van der Waals surface area contributed by atoms with Crippen molar-refractivity contribution in [1.82, 2.24) is 9.47 Å².